The molecule has 4 rings (SSSR count). The van der Waals surface area contributed by atoms with Gasteiger partial charge >= 0.3 is 17.9 Å². The van der Waals surface area contributed by atoms with Crippen LogP contribution in [0, 0.1) is 0 Å². The number of carbonyl (C=O) groups is 3. The maximum Gasteiger partial charge on any atom is 0.338 e. The Balaban J connectivity index is 1.68. The van der Waals surface area contributed by atoms with E-state index in [1.165, 1.54) is 5.57 Å². The summed E-state index contributed by atoms with van der Waals surface area (Å²) < 4.78 is 29.9. The predicted molar refractivity (Wildman–Crippen MR) is 171 cm³/mol. The molecule has 3 aromatic carbocycles. The summed E-state index contributed by atoms with van der Waals surface area (Å²) in [5.74, 6) is -2.22. The molecule has 0 saturated carbocycles. The highest BCUT2D eigenvalue weighted by atomic mass is 16.7. The molecule has 5 atom stereocenters. The Morgan fingerprint density at radius 1 is 0.674 bits per heavy atom. The summed E-state index contributed by atoms with van der Waals surface area (Å²) in [5, 5.41) is 10.4. The average molecular weight is 629 g/mol. The molecule has 46 heavy (non-hydrogen) atoms. The number of aliphatic hydroxyl groups excluding tert-OH is 1. The molecule has 1 N–H and O–H groups in total. The number of aliphatic hydroxyl groups is 1. The monoisotopic (exact) mass is 628 g/mol. The van der Waals surface area contributed by atoms with Crippen molar-refractivity contribution in [3.8, 4) is 0 Å². The van der Waals surface area contributed by atoms with Gasteiger partial charge in [-0.15, -0.1) is 0 Å². The fourth-order valence-electron chi connectivity index (χ4n) is 4.83. The van der Waals surface area contributed by atoms with Gasteiger partial charge in [-0.3, -0.25) is 0 Å². The molecule has 9 nitrogen and oxygen atoms in total. The summed E-state index contributed by atoms with van der Waals surface area (Å²) in [6.07, 6.45) is -0.883. The summed E-state index contributed by atoms with van der Waals surface area (Å²) >= 11 is 0. The second-order valence-corrected chi connectivity index (χ2v) is 11.1. The first-order valence-corrected chi connectivity index (χ1v) is 15.2. The molecule has 0 amide bonds. The van der Waals surface area contributed by atoms with Crippen molar-refractivity contribution in [1.29, 1.82) is 0 Å². The fourth-order valence-corrected chi connectivity index (χ4v) is 4.83. The van der Waals surface area contributed by atoms with Crippen molar-refractivity contribution in [2.75, 3.05) is 13.2 Å². The average Bonchev–Trinajstić information content (AvgIpc) is 3.07. The Bertz CT molecular complexity index is 1480. The van der Waals surface area contributed by atoms with Crippen LogP contribution in [0.2, 0.25) is 0 Å². The summed E-state index contributed by atoms with van der Waals surface area (Å²) in [4.78, 5) is 40.0. The van der Waals surface area contributed by atoms with E-state index in [1.54, 1.807) is 91.0 Å². The minimum Gasteiger partial charge on any atom is -0.452 e. The third-order valence-corrected chi connectivity index (χ3v) is 7.31. The minimum atomic E-state index is -1.41. The standard InChI is InChI=1S/C37H40O9/c1-25(2)14-13-15-26(3)22-23-42-37-33(46-36(41)29-20-11-6-12-21-29)32(45-35(40)28-18-9-5-10-19-28)31(30(24-38)43-37)44-34(39)27-16-7-4-8-17-27/h4-12,14,16-22,30-33,37-38H,13,15,23-24H2,1-3H3/b26-22-/t30-,31-,32+,33-,37-/m1/s1. The van der Waals surface area contributed by atoms with E-state index >= 15 is 0 Å². The lowest BCUT2D eigenvalue weighted by Crippen LogP contribution is -2.63. The lowest BCUT2D eigenvalue weighted by molar-refractivity contribution is -0.296. The van der Waals surface area contributed by atoms with Crippen molar-refractivity contribution >= 4 is 17.9 Å². The van der Waals surface area contributed by atoms with Crippen LogP contribution in [0.3, 0.4) is 0 Å². The number of benzene rings is 3. The Labute approximate surface area is 269 Å². The van der Waals surface area contributed by atoms with Gasteiger partial charge < -0.3 is 28.8 Å². The van der Waals surface area contributed by atoms with Crippen LogP contribution in [-0.4, -0.2) is 66.9 Å². The first-order valence-electron chi connectivity index (χ1n) is 15.2. The molecule has 1 aliphatic rings. The summed E-state index contributed by atoms with van der Waals surface area (Å²) in [7, 11) is 0. The van der Waals surface area contributed by atoms with Crippen molar-refractivity contribution in [2.45, 2.75) is 64.3 Å². The van der Waals surface area contributed by atoms with Gasteiger partial charge in [0.15, 0.2) is 24.6 Å². The number of hydrogen-bond donors (Lipinski definition) is 1. The van der Waals surface area contributed by atoms with E-state index in [-0.39, 0.29) is 23.3 Å². The summed E-state index contributed by atoms with van der Waals surface area (Å²) in [6.45, 7) is 5.54. The Hall–Kier alpha value is -4.57. The molecular weight excluding hydrogens is 588 g/mol. The first-order chi connectivity index (χ1) is 22.3. The van der Waals surface area contributed by atoms with Crippen LogP contribution in [0.25, 0.3) is 0 Å². The normalized spacial score (nSPS) is 21.1. The zero-order valence-electron chi connectivity index (χ0n) is 26.2. The SMILES string of the molecule is CC(C)=CCC/C(C)=C\CO[C@@H]1O[C@H](CO)[C@@H](OC(=O)c2ccccc2)[C@H](OC(=O)c2ccccc2)[C@H]1OC(=O)c1ccccc1. The van der Waals surface area contributed by atoms with Crippen LogP contribution in [0.15, 0.2) is 114 Å². The van der Waals surface area contributed by atoms with E-state index in [4.69, 9.17) is 23.7 Å². The molecule has 0 bridgehead atoms. The van der Waals surface area contributed by atoms with Crippen LogP contribution in [0.1, 0.15) is 64.7 Å². The van der Waals surface area contributed by atoms with Crippen LogP contribution < -0.4 is 0 Å². The second kappa shape index (κ2) is 17.2. The van der Waals surface area contributed by atoms with Gasteiger partial charge in [0.25, 0.3) is 0 Å². The number of allylic oxidation sites excluding steroid dienone is 3. The quantitative estimate of drug-likeness (QED) is 0.136. The molecule has 0 spiro atoms. The molecule has 1 aliphatic heterocycles. The molecule has 0 unspecified atom stereocenters. The molecule has 1 heterocycles. The van der Waals surface area contributed by atoms with Crippen molar-refractivity contribution < 1.29 is 43.2 Å². The second-order valence-electron chi connectivity index (χ2n) is 11.1. The lowest BCUT2D eigenvalue weighted by Gasteiger charge is -2.44. The smallest absolute Gasteiger partial charge is 0.338 e. The van der Waals surface area contributed by atoms with Crippen LogP contribution in [0.4, 0.5) is 0 Å². The van der Waals surface area contributed by atoms with E-state index in [9.17, 15) is 19.5 Å². The largest absolute Gasteiger partial charge is 0.452 e. The van der Waals surface area contributed by atoms with Gasteiger partial charge in [-0.1, -0.05) is 77.9 Å². The lowest BCUT2D eigenvalue weighted by atomic mass is 9.97. The topological polar surface area (TPSA) is 118 Å². The highest BCUT2D eigenvalue weighted by molar-refractivity contribution is 5.91. The minimum absolute atomic E-state index is 0.0800. The summed E-state index contributed by atoms with van der Waals surface area (Å²) in [5.41, 5.74) is 3.01. The number of esters is 3. The van der Waals surface area contributed by atoms with Gasteiger partial charge in [-0.25, -0.2) is 14.4 Å². The molecule has 1 saturated heterocycles. The van der Waals surface area contributed by atoms with Gasteiger partial charge in [0.2, 0.25) is 0 Å². The van der Waals surface area contributed by atoms with Crippen LogP contribution in [0.5, 0.6) is 0 Å². The van der Waals surface area contributed by atoms with Gasteiger partial charge in [-0.2, -0.15) is 0 Å². The van der Waals surface area contributed by atoms with Crippen molar-refractivity contribution in [3.05, 3.63) is 131 Å². The molecule has 9 heteroatoms. The van der Waals surface area contributed by atoms with Crippen molar-refractivity contribution in [3.63, 3.8) is 0 Å². The number of ether oxygens (including phenoxy) is 5. The number of hydrogen-bond acceptors (Lipinski definition) is 9. The number of carbonyl (C=O) groups excluding carboxylic acids is 3. The molecule has 3 aromatic rings. The Kier molecular flexibility index (Phi) is 12.8. The van der Waals surface area contributed by atoms with Crippen molar-refractivity contribution in [1.82, 2.24) is 0 Å². The Morgan fingerprint density at radius 3 is 1.59 bits per heavy atom. The first kappa shape index (κ1) is 34.3. The van der Waals surface area contributed by atoms with E-state index in [0.717, 1.165) is 18.4 Å². The maximum atomic E-state index is 13.4. The van der Waals surface area contributed by atoms with Gasteiger partial charge in [0.1, 0.15) is 6.10 Å². The fraction of sp³-hybridized carbons (Fsp3) is 0.324. The zero-order valence-corrected chi connectivity index (χ0v) is 26.2. The third-order valence-electron chi connectivity index (χ3n) is 7.31. The predicted octanol–water partition coefficient (Wildman–Crippen LogP) is 6.09. The molecular formula is C37H40O9. The molecule has 0 radical (unpaired) electrons. The molecule has 0 aromatic heterocycles. The Morgan fingerprint density at radius 2 is 1.13 bits per heavy atom. The zero-order chi connectivity index (χ0) is 32.9. The molecule has 0 aliphatic carbocycles. The summed E-state index contributed by atoms with van der Waals surface area (Å²) in [6, 6.07) is 24.8. The highest BCUT2D eigenvalue weighted by Crippen LogP contribution is 2.31. The van der Waals surface area contributed by atoms with E-state index in [1.807, 2.05) is 26.8 Å². The van der Waals surface area contributed by atoms with Gasteiger partial charge in [0.05, 0.1) is 29.9 Å². The van der Waals surface area contributed by atoms with Gasteiger partial charge in [0, 0.05) is 0 Å². The van der Waals surface area contributed by atoms with Crippen LogP contribution >= 0.6 is 0 Å². The van der Waals surface area contributed by atoms with Gasteiger partial charge in [-0.05, 0) is 70.0 Å². The third kappa shape index (κ3) is 9.71. The molecule has 1 fully saturated rings. The van der Waals surface area contributed by atoms with Crippen molar-refractivity contribution in [2.24, 2.45) is 0 Å². The van der Waals surface area contributed by atoms with Crippen LogP contribution in [-0.2, 0) is 23.7 Å². The highest BCUT2D eigenvalue weighted by Gasteiger charge is 2.53. The number of rotatable bonds is 13. The van der Waals surface area contributed by atoms with E-state index in [0.29, 0.717) is 0 Å². The van der Waals surface area contributed by atoms with E-state index < -0.39 is 55.2 Å². The maximum absolute atomic E-state index is 13.4. The van der Waals surface area contributed by atoms with E-state index in [2.05, 4.69) is 6.08 Å². The molecule has 242 valence electrons.